The molecular formula is C26H28N4O3. The van der Waals surface area contributed by atoms with Gasteiger partial charge in [-0.05, 0) is 73.9 Å². The van der Waals surface area contributed by atoms with E-state index in [2.05, 4.69) is 22.4 Å². The Bertz CT molecular complexity index is 1300. The van der Waals surface area contributed by atoms with Gasteiger partial charge in [0, 0.05) is 35.0 Å². The Hall–Kier alpha value is -3.71. The number of anilines is 1. The van der Waals surface area contributed by atoms with Crippen LogP contribution < -0.4 is 10.1 Å². The van der Waals surface area contributed by atoms with Gasteiger partial charge >= 0.3 is 0 Å². The minimum Gasteiger partial charge on any atom is -0.491 e. The van der Waals surface area contributed by atoms with E-state index in [1.54, 1.807) is 13.2 Å². The summed E-state index contributed by atoms with van der Waals surface area (Å²) in [7, 11) is 1.62. The van der Waals surface area contributed by atoms with Gasteiger partial charge in [-0.1, -0.05) is 13.0 Å². The molecule has 1 amide bonds. The molecule has 0 aliphatic carbocycles. The Morgan fingerprint density at radius 2 is 1.91 bits per heavy atom. The lowest BCUT2D eigenvalue weighted by molar-refractivity contribution is 0.102. The summed E-state index contributed by atoms with van der Waals surface area (Å²) in [4.78, 5) is 17.7. The molecular weight excluding hydrogens is 416 g/mol. The summed E-state index contributed by atoms with van der Waals surface area (Å²) in [6.07, 6.45) is 0.871. The fourth-order valence-corrected chi connectivity index (χ4v) is 3.75. The summed E-state index contributed by atoms with van der Waals surface area (Å²) in [5, 5.41) is 11.4. The van der Waals surface area contributed by atoms with E-state index in [0.29, 0.717) is 35.9 Å². The van der Waals surface area contributed by atoms with Gasteiger partial charge in [0.25, 0.3) is 5.91 Å². The van der Waals surface area contributed by atoms with Crippen LogP contribution in [0.5, 0.6) is 5.75 Å². The van der Waals surface area contributed by atoms with E-state index in [0.717, 1.165) is 39.9 Å². The number of amides is 1. The number of nitrogens with zero attached hydrogens (tertiary/aromatic N) is 2. The number of aromatic nitrogens is 3. The molecule has 2 aromatic carbocycles. The second-order valence-corrected chi connectivity index (χ2v) is 7.98. The molecule has 4 rings (SSSR count). The zero-order valence-corrected chi connectivity index (χ0v) is 19.4. The molecule has 7 nitrogen and oxygen atoms in total. The van der Waals surface area contributed by atoms with Gasteiger partial charge < -0.3 is 14.8 Å². The number of pyridine rings is 1. The van der Waals surface area contributed by atoms with Crippen molar-refractivity contribution >= 4 is 22.6 Å². The van der Waals surface area contributed by atoms with Crippen LogP contribution in [0, 0.1) is 13.8 Å². The molecule has 7 heteroatoms. The topological polar surface area (TPSA) is 89.1 Å². The highest BCUT2D eigenvalue weighted by Crippen LogP contribution is 2.28. The quantitative estimate of drug-likeness (QED) is 0.370. The fraction of sp³-hybridized carbons (Fsp3) is 0.269. The van der Waals surface area contributed by atoms with E-state index in [4.69, 9.17) is 14.5 Å². The highest BCUT2D eigenvalue weighted by atomic mass is 16.5. The summed E-state index contributed by atoms with van der Waals surface area (Å²) in [6, 6.07) is 15.3. The molecule has 0 aliphatic rings. The third-order valence-electron chi connectivity index (χ3n) is 5.49. The maximum atomic E-state index is 13.0. The second-order valence-electron chi connectivity index (χ2n) is 7.98. The fourth-order valence-electron chi connectivity index (χ4n) is 3.75. The van der Waals surface area contributed by atoms with Gasteiger partial charge in [-0.3, -0.25) is 9.89 Å². The summed E-state index contributed by atoms with van der Waals surface area (Å²) in [5.41, 5.74) is 6.77. The minimum absolute atomic E-state index is 0.201. The molecule has 0 saturated heterocycles. The third kappa shape index (κ3) is 5.04. The van der Waals surface area contributed by atoms with Crippen LogP contribution in [0.3, 0.4) is 0 Å². The Balaban J connectivity index is 1.58. The van der Waals surface area contributed by atoms with Crippen LogP contribution in [-0.2, 0) is 11.2 Å². The number of ether oxygens (including phenoxy) is 2. The lowest BCUT2D eigenvalue weighted by Gasteiger charge is -2.12. The molecule has 170 valence electrons. The van der Waals surface area contributed by atoms with Crippen molar-refractivity contribution in [3.05, 3.63) is 70.9 Å². The van der Waals surface area contributed by atoms with E-state index < -0.39 is 0 Å². The van der Waals surface area contributed by atoms with Crippen LogP contribution in [0.4, 0.5) is 5.69 Å². The Morgan fingerprint density at radius 3 is 2.70 bits per heavy atom. The second kappa shape index (κ2) is 9.83. The van der Waals surface area contributed by atoms with Gasteiger partial charge in [-0.2, -0.15) is 5.10 Å². The third-order valence-corrected chi connectivity index (χ3v) is 5.49. The first-order valence-corrected chi connectivity index (χ1v) is 11.0. The van der Waals surface area contributed by atoms with Crippen LogP contribution in [0.15, 0.2) is 48.5 Å². The molecule has 2 N–H and O–H groups in total. The zero-order chi connectivity index (χ0) is 23.4. The lowest BCUT2D eigenvalue weighted by atomic mass is 10.0. The first-order valence-electron chi connectivity index (χ1n) is 11.0. The number of rotatable bonds is 8. The van der Waals surface area contributed by atoms with Gasteiger partial charge in [0.2, 0.25) is 0 Å². The van der Waals surface area contributed by atoms with Crippen molar-refractivity contribution in [2.75, 3.05) is 25.6 Å². The standard InChI is InChI=1S/C26H28N4O3/c1-5-23-21-8-9-24(28-25(21)30-29-23)22-15-19(7-6-17(22)3)27-26(31)18-12-16(2)13-20(14-18)33-11-10-32-4/h6-9,12-15H,5,10-11H2,1-4H3,(H,27,31)(H,28,29,30). The van der Waals surface area contributed by atoms with Crippen LogP contribution in [0.25, 0.3) is 22.3 Å². The lowest BCUT2D eigenvalue weighted by Crippen LogP contribution is -2.13. The number of nitrogens with one attached hydrogen (secondary N) is 2. The van der Waals surface area contributed by atoms with Crippen LogP contribution in [-0.4, -0.2) is 41.4 Å². The number of hydrogen-bond donors (Lipinski definition) is 2. The van der Waals surface area contributed by atoms with Gasteiger partial charge in [-0.15, -0.1) is 0 Å². The van der Waals surface area contributed by atoms with Gasteiger partial charge in [0.1, 0.15) is 12.4 Å². The van der Waals surface area contributed by atoms with Crippen molar-refractivity contribution in [2.45, 2.75) is 27.2 Å². The first-order chi connectivity index (χ1) is 16.0. The highest BCUT2D eigenvalue weighted by molar-refractivity contribution is 6.05. The van der Waals surface area contributed by atoms with Crippen LogP contribution in [0.1, 0.15) is 34.1 Å². The number of H-pyrrole nitrogens is 1. The Kier molecular flexibility index (Phi) is 6.70. The van der Waals surface area contributed by atoms with Crippen molar-refractivity contribution in [3.63, 3.8) is 0 Å². The molecule has 0 saturated carbocycles. The van der Waals surface area contributed by atoms with E-state index in [9.17, 15) is 4.79 Å². The molecule has 0 fully saturated rings. The number of benzene rings is 2. The van der Waals surface area contributed by atoms with Crippen LogP contribution >= 0.6 is 0 Å². The van der Waals surface area contributed by atoms with Crippen molar-refractivity contribution in [2.24, 2.45) is 0 Å². The highest BCUT2D eigenvalue weighted by Gasteiger charge is 2.13. The molecule has 0 unspecified atom stereocenters. The molecule has 0 atom stereocenters. The maximum Gasteiger partial charge on any atom is 0.255 e. The monoisotopic (exact) mass is 444 g/mol. The Morgan fingerprint density at radius 1 is 1.06 bits per heavy atom. The molecule has 0 aliphatic heterocycles. The van der Waals surface area contributed by atoms with E-state index in [-0.39, 0.29) is 5.91 Å². The molecule has 0 radical (unpaired) electrons. The predicted octanol–water partition coefficient (Wildman–Crippen LogP) is 5.08. The van der Waals surface area contributed by atoms with Crippen LogP contribution in [0.2, 0.25) is 0 Å². The smallest absolute Gasteiger partial charge is 0.255 e. The normalized spacial score (nSPS) is 11.0. The summed E-state index contributed by atoms with van der Waals surface area (Å²) in [5.74, 6) is 0.443. The van der Waals surface area contributed by atoms with Gasteiger partial charge in [0.05, 0.1) is 12.3 Å². The number of aryl methyl sites for hydroxylation is 3. The minimum atomic E-state index is -0.201. The van der Waals surface area contributed by atoms with Gasteiger partial charge in [-0.25, -0.2) is 4.98 Å². The van der Waals surface area contributed by atoms with E-state index >= 15 is 0 Å². The van der Waals surface area contributed by atoms with E-state index in [1.807, 2.05) is 56.3 Å². The molecule has 4 aromatic rings. The molecule has 2 heterocycles. The van der Waals surface area contributed by atoms with E-state index in [1.165, 1.54) is 0 Å². The zero-order valence-electron chi connectivity index (χ0n) is 19.4. The van der Waals surface area contributed by atoms with Crippen molar-refractivity contribution in [1.29, 1.82) is 0 Å². The van der Waals surface area contributed by atoms with Gasteiger partial charge in [0.15, 0.2) is 5.65 Å². The summed E-state index contributed by atoms with van der Waals surface area (Å²) >= 11 is 0. The number of carbonyl (C=O) groups excluding carboxylic acids is 1. The molecule has 2 aromatic heterocycles. The molecule has 0 bridgehead atoms. The maximum absolute atomic E-state index is 13.0. The average Bonchev–Trinajstić information content (AvgIpc) is 3.22. The predicted molar refractivity (Wildman–Crippen MR) is 130 cm³/mol. The van der Waals surface area contributed by atoms with Crippen molar-refractivity contribution in [3.8, 4) is 17.0 Å². The average molecular weight is 445 g/mol. The number of carbonyl (C=O) groups is 1. The SMILES string of the molecule is CCc1[nH]nc2nc(-c3cc(NC(=O)c4cc(C)cc(OCCOC)c4)ccc3C)ccc12. The largest absolute Gasteiger partial charge is 0.491 e. The van der Waals surface area contributed by atoms with Crippen molar-refractivity contribution < 1.29 is 14.3 Å². The molecule has 33 heavy (non-hydrogen) atoms. The number of methoxy groups -OCH3 is 1. The Labute approximate surface area is 193 Å². The summed E-state index contributed by atoms with van der Waals surface area (Å²) in [6.45, 7) is 6.96. The first kappa shape index (κ1) is 22.5. The number of fused-ring (bicyclic) bond motifs is 1. The molecule has 0 spiro atoms. The number of aromatic amines is 1. The van der Waals surface area contributed by atoms with Crippen molar-refractivity contribution in [1.82, 2.24) is 15.2 Å². The summed E-state index contributed by atoms with van der Waals surface area (Å²) < 4.78 is 10.7. The number of hydrogen-bond acceptors (Lipinski definition) is 5.